The van der Waals surface area contributed by atoms with Crippen LogP contribution in [0.15, 0.2) is 48.5 Å². The van der Waals surface area contributed by atoms with E-state index in [0.717, 1.165) is 30.1 Å². The van der Waals surface area contributed by atoms with E-state index in [9.17, 15) is 4.79 Å². The molecule has 0 aromatic heterocycles. The van der Waals surface area contributed by atoms with Crippen molar-refractivity contribution in [1.29, 1.82) is 0 Å². The van der Waals surface area contributed by atoms with Gasteiger partial charge in [-0.3, -0.25) is 4.79 Å². The lowest BCUT2D eigenvalue weighted by atomic mass is 10.1. The lowest BCUT2D eigenvalue weighted by Crippen LogP contribution is -2.48. The van der Waals surface area contributed by atoms with Crippen LogP contribution in [-0.4, -0.2) is 48.6 Å². The van der Waals surface area contributed by atoms with Gasteiger partial charge in [0, 0.05) is 37.3 Å². The van der Waals surface area contributed by atoms with Crippen molar-refractivity contribution in [3.8, 4) is 5.75 Å². The van der Waals surface area contributed by atoms with Gasteiger partial charge in [-0.15, -0.1) is 0 Å². The number of anilines is 1. The fraction of sp³-hybridized carbons (Fsp3) is 0.300. The number of rotatable bonds is 5. The molecule has 3 rings (SSSR count). The van der Waals surface area contributed by atoms with Crippen molar-refractivity contribution >= 4 is 28.8 Å². The Balaban J connectivity index is 1.65. The molecule has 2 aromatic rings. The Labute approximate surface area is 159 Å². The monoisotopic (exact) mass is 369 g/mol. The molecule has 1 saturated heterocycles. The highest BCUT2D eigenvalue weighted by Gasteiger charge is 2.23. The Bertz CT molecular complexity index is 784. The summed E-state index contributed by atoms with van der Waals surface area (Å²) < 4.78 is 5.72. The zero-order valence-electron chi connectivity index (χ0n) is 14.9. The van der Waals surface area contributed by atoms with Crippen LogP contribution < -0.4 is 15.4 Å². The standard InChI is InChI=1S/C20H23N3O2S/c1-2-25-18-6-4-3-5-17(18)22-11-13-23(14-12-22)20(24)16-9-7-15(8-10-16)19(21)26/h3-10H,2,11-14H2,1H3,(H2,21,26). The van der Waals surface area contributed by atoms with Crippen molar-refractivity contribution in [2.75, 3.05) is 37.7 Å². The predicted molar refractivity (Wildman–Crippen MR) is 108 cm³/mol. The number of amides is 1. The third-order valence-corrected chi connectivity index (χ3v) is 4.72. The van der Waals surface area contributed by atoms with Crippen LogP contribution in [0.5, 0.6) is 5.75 Å². The van der Waals surface area contributed by atoms with Gasteiger partial charge in [-0.2, -0.15) is 0 Å². The SMILES string of the molecule is CCOc1ccccc1N1CCN(C(=O)c2ccc(C(N)=S)cc2)CC1. The molecule has 1 amide bonds. The van der Waals surface area contributed by atoms with E-state index in [4.69, 9.17) is 22.7 Å². The van der Waals surface area contributed by atoms with E-state index in [1.807, 2.05) is 30.0 Å². The number of ether oxygens (including phenoxy) is 1. The minimum Gasteiger partial charge on any atom is -0.492 e. The maximum atomic E-state index is 12.7. The average Bonchev–Trinajstić information content (AvgIpc) is 2.68. The highest BCUT2D eigenvalue weighted by Crippen LogP contribution is 2.29. The summed E-state index contributed by atoms with van der Waals surface area (Å²) >= 11 is 4.95. The molecule has 2 N–H and O–H groups in total. The lowest BCUT2D eigenvalue weighted by Gasteiger charge is -2.36. The minimum absolute atomic E-state index is 0.0391. The molecule has 1 aliphatic rings. The Kier molecular flexibility index (Phi) is 5.73. The highest BCUT2D eigenvalue weighted by atomic mass is 32.1. The number of benzene rings is 2. The second-order valence-electron chi connectivity index (χ2n) is 6.12. The molecule has 0 unspecified atom stereocenters. The first-order valence-corrected chi connectivity index (χ1v) is 9.17. The Morgan fingerprint density at radius 3 is 2.27 bits per heavy atom. The number of piperazine rings is 1. The molecule has 0 aliphatic carbocycles. The molecule has 2 aromatic carbocycles. The van der Waals surface area contributed by atoms with Crippen LogP contribution >= 0.6 is 12.2 Å². The Hall–Kier alpha value is -2.60. The second-order valence-corrected chi connectivity index (χ2v) is 6.56. The van der Waals surface area contributed by atoms with E-state index in [0.29, 0.717) is 30.2 Å². The van der Waals surface area contributed by atoms with Crippen molar-refractivity contribution in [3.05, 3.63) is 59.7 Å². The summed E-state index contributed by atoms with van der Waals surface area (Å²) in [6.07, 6.45) is 0. The van der Waals surface area contributed by atoms with Crippen molar-refractivity contribution in [1.82, 2.24) is 4.90 Å². The molecule has 0 bridgehead atoms. The predicted octanol–water partition coefficient (Wildman–Crippen LogP) is 2.68. The van der Waals surface area contributed by atoms with Crippen molar-refractivity contribution in [2.45, 2.75) is 6.92 Å². The Morgan fingerprint density at radius 2 is 1.65 bits per heavy atom. The quantitative estimate of drug-likeness (QED) is 0.821. The van der Waals surface area contributed by atoms with Gasteiger partial charge in [0.2, 0.25) is 0 Å². The minimum atomic E-state index is 0.0391. The number of para-hydroxylation sites is 2. The van der Waals surface area contributed by atoms with Gasteiger partial charge in [0.15, 0.2) is 0 Å². The number of hydrogen-bond donors (Lipinski definition) is 1. The van der Waals surface area contributed by atoms with E-state index < -0.39 is 0 Å². The zero-order valence-corrected chi connectivity index (χ0v) is 15.7. The van der Waals surface area contributed by atoms with Crippen LogP contribution in [-0.2, 0) is 0 Å². The van der Waals surface area contributed by atoms with E-state index in [-0.39, 0.29) is 5.91 Å². The van der Waals surface area contributed by atoms with Gasteiger partial charge in [0.05, 0.1) is 12.3 Å². The van der Waals surface area contributed by atoms with Gasteiger partial charge < -0.3 is 20.3 Å². The number of hydrogen-bond acceptors (Lipinski definition) is 4. The molecular weight excluding hydrogens is 346 g/mol. The summed E-state index contributed by atoms with van der Waals surface area (Å²) in [7, 11) is 0. The summed E-state index contributed by atoms with van der Waals surface area (Å²) in [4.78, 5) is 17.2. The molecule has 1 fully saturated rings. The molecule has 1 aliphatic heterocycles. The lowest BCUT2D eigenvalue weighted by molar-refractivity contribution is 0.0746. The van der Waals surface area contributed by atoms with Crippen LogP contribution in [0.3, 0.4) is 0 Å². The van der Waals surface area contributed by atoms with Crippen LogP contribution in [0.25, 0.3) is 0 Å². The average molecular weight is 369 g/mol. The molecule has 0 spiro atoms. The van der Waals surface area contributed by atoms with Gasteiger partial charge >= 0.3 is 0 Å². The van der Waals surface area contributed by atoms with Crippen LogP contribution in [0, 0.1) is 0 Å². The van der Waals surface area contributed by atoms with Crippen molar-refractivity contribution in [2.24, 2.45) is 5.73 Å². The molecule has 136 valence electrons. The fourth-order valence-electron chi connectivity index (χ4n) is 3.11. The molecule has 6 heteroatoms. The summed E-state index contributed by atoms with van der Waals surface area (Å²) in [5.41, 5.74) is 8.13. The van der Waals surface area contributed by atoms with Gasteiger partial charge in [-0.25, -0.2) is 0 Å². The maximum Gasteiger partial charge on any atom is 0.253 e. The van der Waals surface area contributed by atoms with E-state index in [1.54, 1.807) is 24.3 Å². The normalized spacial score (nSPS) is 14.2. The fourth-order valence-corrected chi connectivity index (χ4v) is 3.24. The van der Waals surface area contributed by atoms with Crippen molar-refractivity contribution < 1.29 is 9.53 Å². The number of carbonyl (C=O) groups excluding carboxylic acids is 1. The second kappa shape index (κ2) is 8.19. The summed E-state index contributed by atoms with van der Waals surface area (Å²) in [6, 6.07) is 15.2. The number of nitrogens with zero attached hydrogens (tertiary/aromatic N) is 2. The summed E-state index contributed by atoms with van der Waals surface area (Å²) in [5.74, 6) is 0.931. The van der Waals surface area contributed by atoms with Crippen LogP contribution in [0.2, 0.25) is 0 Å². The molecular formula is C20H23N3O2S. The number of thiocarbonyl (C=S) groups is 1. The van der Waals surface area contributed by atoms with Crippen LogP contribution in [0.4, 0.5) is 5.69 Å². The van der Waals surface area contributed by atoms with Crippen LogP contribution in [0.1, 0.15) is 22.8 Å². The van der Waals surface area contributed by atoms with Gasteiger partial charge in [0.1, 0.15) is 10.7 Å². The zero-order chi connectivity index (χ0) is 18.5. The first-order chi connectivity index (χ1) is 12.6. The maximum absolute atomic E-state index is 12.7. The van der Waals surface area contributed by atoms with Gasteiger partial charge in [-0.05, 0) is 31.2 Å². The van der Waals surface area contributed by atoms with E-state index in [1.165, 1.54) is 0 Å². The number of carbonyl (C=O) groups is 1. The molecule has 0 saturated carbocycles. The summed E-state index contributed by atoms with van der Waals surface area (Å²) in [6.45, 7) is 5.53. The topological polar surface area (TPSA) is 58.8 Å². The van der Waals surface area contributed by atoms with Gasteiger partial charge in [-0.1, -0.05) is 36.5 Å². The summed E-state index contributed by atoms with van der Waals surface area (Å²) in [5, 5.41) is 0. The van der Waals surface area contributed by atoms with E-state index in [2.05, 4.69) is 11.0 Å². The first-order valence-electron chi connectivity index (χ1n) is 8.76. The third-order valence-electron chi connectivity index (χ3n) is 4.49. The first kappa shape index (κ1) is 18.2. The Morgan fingerprint density at radius 1 is 1.04 bits per heavy atom. The molecule has 5 nitrogen and oxygen atoms in total. The molecule has 26 heavy (non-hydrogen) atoms. The highest BCUT2D eigenvalue weighted by molar-refractivity contribution is 7.80. The van der Waals surface area contributed by atoms with Crippen molar-refractivity contribution in [3.63, 3.8) is 0 Å². The smallest absolute Gasteiger partial charge is 0.253 e. The molecule has 0 atom stereocenters. The number of nitrogens with two attached hydrogens (primary N) is 1. The van der Waals surface area contributed by atoms with Gasteiger partial charge in [0.25, 0.3) is 5.91 Å². The van der Waals surface area contributed by atoms with E-state index >= 15 is 0 Å². The molecule has 1 heterocycles. The third kappa shape index (κ3) is 3.96. The largest absolute Gasteiger partial charge is 0.492 e. The molecule has 0 radical (unpaired) electrons.